The summed E-state index contributed by atoms with van der Waals surface area (Å²) < 4.78 is 5.46. The van der Waals surface area contributed by atoms with Crippen LogP contribution in [0.4, 0.5) is 0 Å². The largest absolute Gasteiger partial charge is 0.342 e. The van der Waals surface area contributed by atoms with E-state index in [1.165, 1.54) is 4.88 Å². The van der Waals surface area contributed by atoms with Crippen LogP contribution in [0, 0.1) is 5.92 Å². The molecule has 1 atom stereocenters. The van der Waals surface area contributed by atoms with Gasteiger partial charge in [0.05, 0.1) is 5.92 Å². The number of thiophene rings is 1. The van der Waals surface area contributed by atoms with Crippen LogP contribution >= 0.6 is 11.3 Å². The van der Waals surface area contributed by atoms with Gasteiger partial charge in [-0.05, 0) is 37.1 Å². The average molecular weight is 317 g/mol. The quantitative estimate of drug-likeness (QED) is 0.870. The zero-order chi connectivity index (χ0) is 14.9. The molecule has 2 aromatic heterocycles. The van der Waals surface area contributed by atoms with Crippen LogP contribution < -0.4 is 0 Å². The van der Waals surface area contributed by atoms with E-state index in [-0.39, 0.29) is 11.8 Å². The fraction of sp³-hybridized carbons (Fsp3) is 0.562. The molecule has 1 aliphatic heterocycles. The second kappa shape index (κ2) is 5.83. The molecule has 0 spiro atoms. The predicted octanol–water partition coefficient (Wildman–Crippen LogP) is 2.84. The van der Waals surface area contributed by atoms with Crippen molar-refractivity contribution in [2.45, 2.75) is 38.0 Å². The van der Waals surface area contributed by atoms with Crippen molar-refractivity contribution in [2.75, 3.05) is 13.1 Å². The van der Waals surface area contributed by atoms with Gasteiger partial charge in [-0.15, -0.1) is 11.3 Å². The molecule has 2 aromatic rings. The van der Waals surface area contributed by atoms with E-state index in [9.17, 15) is 4.79 Å². The van der Waals surface area contributed by atoms with E-state index in [0.29, 0.717) is 11.8 Å². The minimum Gasteiger partial charge on any atom is -0.342 e. The number of hydrogen-bond acceptors (Lipinski definition) is 5. The zero-order valence-corrected chi connectivity index (χ0v) is 13.2. The molecule has 5 nitrogen and oxygen atoms in total. The lowest BCUT2D eigenvalue weighted by atomic mass is 9.97. The van der Waals surface area contributed by atoms with Gasteiger partial charge in [0.2, 0.25) is 11.8 Å². The van der Waals surface area contributed by atoms with Crippen molar-refractivity contribution in [3.8, 4) is 0 Å². The summed E-state index contributed by atoms with van der Waals surface area (Å²) in [6.07, 6.45) is 4.89. The number of carbonyl (C=O) groups excluding carboxylic acids is 1. The molecular formula is C16H19N3O2S. The summed E-state index contributed by atoms with van der Waals surface area (Å²) in [5, 5.41) is 6.16. The first-order valence-corrected chi connectivity index (χ1v) is 8.81. The van der Waals surface area contributed by atoms with Gasteiger partial charge in [0, 0.05) is 30.3 Å². The van der Waals surface area contributed by atoms with Gasteiger partial charge in [-0.1, -0.05) is 11.2 Å². The number of aromatic nitrogens is 2. The summed E-state index contributed by atoms with van der Waals surface area (Å²) in [6, 6.07) is 4.11. The topological polar surface area (TPSA) is 59.2 Å². The molecule has 22 heavy (non-hydrogen) atoms. The van der Waals surface area contributed by atoms with Crippen LogP contribution in [0.2, 0.25) is 0 Å². The van der Waals surface area contributed by atoms with Gasteiger partial charge >= 0.3 is 0 Å². The van der Waals surface area contributed by atoms with Crippen molar-refractivity contribution < 1.29 is 9.32 Å². The SMILES string of the molecule is O=C(C1CC1)N1CCCC(c2nc(Cc3cccs3)no2)C1. The van der Waals surface area contributed by atoms with E-state index in [1.54, 1.807) is 11.3 Å². The van der Waals surface area contributed by atoms with Crippen molar-refractivity contribution in [3.05, 3.63) is 34.1 Å². The second-order valence-electron chi connectivity index (χ2n) is 6.20. The fourth-order valence-corrected chi connectivity index (χ4v) is 3.74. The summed E-state index contributed by atoms with van der Waals surface area (Å²) in [5.41, 5.74) is 0. The Morgan fingerprint density at radius 2 is 2.32 bits per heavy atom. The number of carbonyl (C=O) groups is 1. The Bertz CT molecular complexity index is 648. The Balaban J connectivity index is 1.42. The summed E-state index contributed by atoms with van der Waals surface area (Å²) in [4.78, 5) is 20.0. The van der Waals surface area contributed by atoms with Crippen molar-refractivity contribution >= 4 is 17.2 Å². The van der Waals surface area contributed by atoms with E-state index in [1.807, 2.05) is 11.0 Å². The highest BCUT2D eigenvalue weighted by Gasteiger charge is 2.36. The minimum atomic E-state index is 0.195. The van der Waals surface area contributed by atoms with Crippen molar-refractivity contribution in [1.29, 1.82) is 0 Å². The van der Waals surface area contributed by atoms with Crippen LogP contribution in [-0.2, 0) is 11.2 Å². The van der Waals surface area contributed by atoms with Crippen LogP contribution in [0.5, 0.6) is 0 Å². The Morgan fingerprint density at radius 3 is 3.09 bits per heavy atom. The molecule has 2 aliphatic rings. The average Bonchev–Trinajstić information content (AvgIpc) is 3.07. The molecule has 0 aromatic carbocycles. The van der Waals surface area contributed by atoms with Crippen LogP contribution in [-0.4, -0.2) is 34.0 Å². The van der Waals surface area contributed by atoms with Gasteiger partial charge in [-0.3, -0.25) is 4.79 Å². The number of amides is 1. The number of piperidine rings is 1. The van der Waals surface area contributed by atoms with E-state index in [0.717, 1.165) is 51.0 Å². The van der Waals surface area contributed by atoms with Crippen LogP contribution in [0.3, 0.4) is 0 Å². The first kappa shape index (κ1) is 13.9. The summed E-state index contributed by atoms with van der Waals surface area (Å²) >= 11 is 1.70. The number of hydrogen-bond donors (Lipinski definition) is 0. The van der Waals surface area contributed by atoms with E-state index in [2.05, 4.69) is 21.6 Å². The monoisotopic (exact) mass is 317 g/mol. The van der Waals surface area contributed by atoms with Crippen LogP contribution in [0.25, 0.3) is 0 Å². The first-order chi connectivity index (χ1) is 10.8. The highest BCUT2D eigenvalue weighted by Crippen LogP contribution is 2.34. The highest BCUT2D eigenvalue weighted by atomic mass is 32.1. The van der Waals surface area contributed by atoms with Gasteiger partial charge in [0.25, 0.3) is 0 Å². The predicted molar refractivity (Wildman–Crippen MR) is 82.7 cm³/mol. The lowest BCUT2D eigenvalue weighted by Gasteiger charge is -2.31. The number of likely N-dealkylation sites (tertiary alicyclic amines) is 1. The molecule has 3 heterocycles. The molecule has 1 aliphatic carbocycles. The van der Waals surface area contributed by atoms with Crippen molar-refractivity contribution in [1.82, 2.24) is 15.0 Å². The lowest BCUT2D eigenvalue weighted by molar-refractivity contribution is -0.133. The van der Waals surface area contributed by atoms with Gasteiger partial charge < -0.3 is 9.42 Å². The Morgan fingerprint density at radius 1 is 1.41 bits per heavy atom. The van der Waals surface area contributed by atoms with Crippen molar-refractivity contribution in [3.63, 3.8) is 0 Å². The third kappa shape index (κ3) is 2.92. The Labute approximate surface area is 133 Å². The molecule has 2 fully saturated rings. The maximum atomic E-state index is 12.2. The maximum absolute atomic E-state index is 12.2. The third-order valence-corrected chi connectivity index (χ3v) is 5.28. The zero-order valence-electron chi connectivity index (χ0n) is 12.4. The number of rotatable bonds is 4. The molecule has 1 saturated heterocycles. The molecule has 4 rings (SSSR count). The smallest absolute Gasteiger partial charge is 0.231 e. The molecular weight excluding hydrogens is 298 g/mol. The molecule has 6 heteroatoms. The van der Waals surface area contributed by atoms with Crippen LogP contribution in [0.1, 0.15) is 48.2 Å². The third-order valence-electron chi connectivity index (χ3n) is 4.41. The van der Waals surface area contributed by atoms with E-state index >= 15 is 0 Å². The van der Waals surface area contributed by atoms with Crippen molar-refractivity contribution in [2.24, 2.45) is 5.92 Å². The molecule has 0 N–H and O–H groups in total. The van der Waals surface area contributed by atoms with Crippen LogP contribution in [0.15, 0.2) is 22.0 Å². The van der Waals surface area contributed by atoms with Gasteiger partial charge in [-0.25, -0.2) is 0 Å². The number of nitrogens with zero attached hydrogens (tertiary/aromatic N) is 3. The normalized spacial score (nSPS) is 22.0. The molecule has 0 bridgehead atoms. The summed E-state index contributed by atoms with van der Waals surface area (Å²) in [5.74, 6) is 2.24. The molecule has 0 radical (unpaired) electrons. The second-order valence-corrected chi connectivity index (χ2v) is 7.23. The maximum Gasteiger partial charge on any atom is 0.231 e. The van der Waals surface area contributed by atoms with Gasteiger partial charge in [-0.2, -0.15) is 4.98 Å². The van der Waals surface area contributed by atoms with Gasteiger partial charge in [0.1, 0.15) is 0 Å². The highest BCUT2D eigenvalue weighted by molar-refractivity contribution is 7.09. The van der Waals surface area contributed by atoms with E-state index < -0.39 is 0 Å². The molecule has 116 valence electrons. The molecule has 1 unspecified atom stereocenters. The standard InChI is InChI=1S/C16H19N3O2S/c20-16(11-5-6-11)19-7-1-3-12(10-19)15-17-14(18-21-15)9-13-4-2-8-22-13/h2,4,8,11-12H,1,3,5-7,9-10H2. The summed E-state index contributed by atoms with van der Waals surface area (Å²) in [7, 11) is 0. The Hall–Kier alpha value is -1.69. The summed E-state index contributed by atoms with van der Waals surface area (Å²) in [6.45, 7) is 1.61. The Kier molecular flexibility index (Phi) is 3.70. The lowest BCUT2D eigenvalue weighted by Crippen LogP contribution is -2.40. The van der Waals surface area contributed by atoms with E-state index in [4.69, 9.17) is 4.52 Å². The molecule has 1 saturated carbocycles. The van der Waals surface area contributed by atoms with Gasteiger partial charge in [0.15, 0.2) is 5.82 Å². The fourth-order valence-electron chi connectivity index (χ4n) is 3.04. The molecule has 1 amide bonds. The minimum absolute atomic E-state index is 0.195. The first-order valence-electron chi connectivity index (χ1n) is 7.93.